The van der Waals surface area contributed by atoms with E-state index in [0.717, 1.165) is 0 Å². The van der Waals surface area contributed by atoms with Gasteiger partial charge in [0.1, 0.15) is 10.6 Å². The molecule has 1 aromatic carbocycles. The fraction of sp³-hybridized carbons (Fsp3) is 0.250. The molecule has 7 nitrogen and oxygen atoms in total. The second kappa shape index (κ2) is 5.51. The SMILES string of the molecule is COc1ccc(S(=O)(=O)NCc2cc(C)no2)c(N)c1. The fourth-order valence-corrected chi connectivity index (χ4v) is 2.75. The van der Waals surface area contributed by atoms with Gasteiger partial charge in [-0.05, 0) is 19.1 Å². The van der Waals surface area contributed by atoms with E-state index in [4.69, 9.17) is 15.0 Å². The molecule has 0 aliphatic rings. The number of benzene rings is 1. The number of ether oxygens (including phenoxy) is 1. The van der Waals surface area contributed by atoms with Crippen molar-refractivity contribution in [3.8, 4) is 5.75 Å². The molecule has 0 saturated heterocycles. The molecule has 1 heterocycles. The number of nitrogens with one attached hydrogen (secondary N) is 1. The minimum atomic E-state index is -3.72. The minimum Gasteiger partial charge on any atom is -0.497 e. The monoisotopic (exact) mass is 297 g/mol. The number of nitrogens with two attached hydrogens (primary N) is 1. The van der Waals surface area contributed by atoms with Crippen molar-refractivity contribution in [2.75, 3.05) is 12.8 Å². The summed E-state index contributed by atoms with van der Waals surface area (Å²) in [5, 5.41) is 3.68. The van der Waals surface area contributed by atoms with E-state index in [0.29, 0.717) is 17.2 Å². The summed E-state index contributed by atoms with van der Waals surface area (Å²) in [6, 6.07) is 6.03. The number of sulfonamides is 1. The lowest BCUT2D eigenvalue weighted by atomic mass is 10.3. The van der Waals surface area contributed by atoms with Gasteiger partial charge in [-0.25, -0.2) is 13.1 Å². The maximum absolute atomic E-state index is 12.1. The van der Waals surface area contributed by atoms with Crippen LogP contribution in [0.2, 0.25) is 0 Å². The molecule has 0 aliphatic carbocycles. The van der Waals surface area contributed by atoms with Gasteiger partial charge in [0, 0.05) is 12.1 Å². The Morgan fingerprint density at radius 1 is 1.40 bits per heavy atom. The molecule has 20 heavy (non-hydrogen) atoms. The summed E-state index contributed by atoms with van der Waals surface area (Å²) in [4.78, 5) is -0.00506. The quantitative estimate of drug-likeness (QED) is 0.799. The molecule has 0 saturated carbocycles. The van der Waals surface area contributed by atoms with E-state index >= 15 is 0 Å². The lowest BCUT2D eigenvalue weighted by molar-refractivity contribution is 0.377. The normalized spacial score (nSPS) is 11.5. The Balaban J connectivity index is 2.18. The molecule has 108 valence electrons. The summed E-state index contributed by atoms with van der Waals surface area (Å²) in [7, 11) is -2.24. The third kappa shape index (κ3) is 3.09. The molecular formula is C12H15N3O4S. The van der Waals surface area contributed by atoms with Crippen LogP contribution in [0.4, 0.5) is 5.69 Å². The topological polar surface area (TPSA) is 107 Å². The van der Waals surface area contributed by atoms with E-state index in [1.165, 1.54) is 25.3 Å². The van der Waals surface area contributed by atoms with Gasteiger partial charge in [0.25, 0.3) is 0 Å². The summed E-state index contributed by atoms with van der Waals surface area (Å²) in [6.07, 6.45) is 0. The molecule has 0 spiro atoms. The van der Waals surface area contributed by atoms with Gasteiger partial charge in [-0.1, -0.05) is 5.16 Å². The summed E-state index contributed by atoms with van der Waals surface area (Å²) in [5.74, 6) is 0.922. The van der Waals surface area contributed by atoms with E-state index in [-0.39, 0.29) is 17.1 Å². The number of aryl methyl sites for hydroxylation is 1. The van der Waals surface area contributed by atoms with Gasteiger partial charge in [-0.2, -0.15) is 0 Å². The Morgan fingerprint density at radius 3 is 2.70 bits per heavy atom. The zero-order chi connectivity index (χ0) is 14.8. The van der Waals surface area contributed by atoms with Crippen LogP contribution in [0.3, 0.4) is 0 Å². The number of hydrogen-bond donors (Lipinski definition) is 2. The molecule has 0 fully saturated rings. The standard InChI is InChI=1S/C12H15N3O4S/c1-8-5-10(19-15-8)7-14-20(16,17)12-4-3-9(18-2)6-11(12)13/h3-6,14H,7,13H2,1-2H3. The Morgan fingerprint density at radius 2 is 2.15 bits per heavy atom. The Labute approximate surface area is 116 Å². The predicted molar refractivity (Wildman–Crippen MR) is 72.7 cm³/mol. The molecule has 0 bridgehead atoms. The first kappa shape index (κ1) is 14.4. The van der Waals surface area contributed by atoms with Gasteiger partial charge in [0.05, 0.1) is 25.0 Å². The molecular weight excluding hydrogens is 282 g/mol. The molecule has 0 aliphatic heterocycles. The third-order valence-corrected chi connectivity index (χ3v) is 4.09. The number of rotatable bonds is 5. The highest BCUT2D eigenvalue weighted by Crippen LogP contribution is 2.23. The highest BCUT2D eigenvalue weighted by molar-refractivity contribution is 7.89. The van der Waals surface area contributed by atoms with E-state index in [2.05, 4.69) is 9.88 Å². The van der Waals surface area contributed by atoms with Crippen LogP contribution in [0.1, 0.15) is 11.5 Å². The van der Waals surface area contributed by atoms with Crippen molar-refractivity contribution in [3.63, 3.8) is 0 Å². The molecule has 3 N–H and O–H groups in total. The molecule has 2 aromatic rings. The number of nitrogens with zero attached hydrogens (tertiary/aromatic N) is 1. The Hall–Kier alpha value is -2.06. The first-order valence-electron chi connectivity index (χ1n) is 5.78. The van der Waals surface area contributed by atoms with E-state index in [1.54, 1.807) is 13.0 Å². The molecule has 0 atom stereocenters. The van der Waals surface area contributed by atoms with Crippen molar-refractivity contribution in [1.82, 2.24) is 9.88 Å². The molecule has 1 aromatic heterocycles. The summed E-state index contributed by atoms with van der Waals surface area (Å²) < 4.78 is 36.6. The largest absolute Gasteiger partial charge is 0.497 e. The van der Waals surface area contributed by atoms with Crippen molar-refractivity contribution < 1.29 is 17.7 Å². The van der Waals surface area contributed by atoms with Crippen molar-refractivity contribution >= 4 is 15.7 Å². The second-order valence-corrected chi connectivity index (χ2v) is 5.90. The maximum Gasteiger partial charge on any atom is 0.243 e. The fourth-order valence-electron chi connectivity index (χ4n) is 1.64. The number of nitrogen functional groups attached to an aromatic ring is 1. The van der Waals surface area contributed by atoms with Crippen molar-refractivity contribution in [2.45, 2.75) is 18.4 Å². The molecule has 0 unspecified atom stereocenters. The summed E-state index contributed by atoms with van der Waals surface area (Å²) in [5.41, 5.74) is 6.52. The molecule has 0 amide bonds. The van der Waals surface area contributed by atoms with Crippen LogP contribution in [0.15, 0.2) is 33.7 Å². The first-order valence-corrected chi connectivity index (χ1v) is 7.26. The molecule has 2 rings (SSSR count). The van der Waals surface area contributed by atoms with Crippen molar-refractivity contribution in [3.05, 3.63) is 35.7 Å². The van der Waals surface area contributed by atoms with Gasteiger partial charge in [-0.15, -0.1) is 0 Å². The smallest absolute Gasteiger partial charge is 0.243 e. The van der Waals surface area contributed by atoms with Crippen LogP contribution < -0.4 is 15.2 Å². The van der Waals surface area contributed by atoms with Crippen LogP contribution in [-0.4, -0.2) is 20.7 Å². The van der Waals surface area contributed by atoms with E-state index in [9.17, 15) is 8.42 Å². The minimum absolute atomic E-state index is 0.00506. The predicted octanol–water partition coefficient (Wildman–Crippen LogP) is 1.05. The summed E-state index contributed by atoms with van der Waals surface area (Å²) >= 11 is 0. The van der Waals surface area contributed by atoms with Crippen LogP contribution in [-0.2, 0) is 16.6 Å². The van der Waals surface area contributed by atoms with Crippen LogP contribution in [0.25, 0.3) is 0 Å². The lowest BCUT2D eigenvalue weighted by Crippen LogP contribution is -2.24. The first-order chi connectivity index (χ1) is 9.42. The number of anilines is 1. The molecule has 8 heteroatoms. The highest BCUT2D eigenvalue weighted by Gasteiger charge is 2.18. The maximum atomic E-state index is 12.1. The Bertz CT molecular complexity index is 709. The number of hydrogen-bond acceptors (Lipinski definition) is 6. The second-order valence-electron chi connectivity index (χ2n) is 4.16. The highest BCUT2D eigenvalue weighted by atomic mass is 32.2. The van der Waals surface area contributed by atoms with Gasteiger partial charge < -0.3 is 15.0 Å². The molecule has 0 radical (unpaired) electrons. The lowest BCUT2D eigenvalue weighted by Gasteiger charge is -2.09. The summed E-state index contributed by atoms with van der Waals surface area (Å²) in [6.45, 7) is 1.76. The van der Waals surface area contributed by atoms with E-state index in [1.807, 2.05) is 0 Å². The van der Waals surface area contributed by atoms with Gasteiger partial charge >= 0.3 is 0 Å². The van der Waals surface area contributed by atoms with Crippen molar-refractivity contribution in [2.24, 2.45) is 0 Å². The zero-order valence-corrected chi connectivity index (χ0v) is 11.9. The van der Waals surface area contributed by atoms with Crippen LogP contribution >= 0.6 is 0 Å². The van der Waals surface area contributed by atoms with Gasteiger partial charge in [0.15, 0.2) is 5.76 Å². The van der Waals surface area contributed by atoms with Crippen LogP contribution in [0.5, 0.6) is 5.75 Å². The number of methoxy groups -OCH3 is 1. The van der Waals surface area contributed by atoms with Crippen LogP contribution in [0, 0.1) is 6.92 Å². The van der Waals surface area contributed by atoms with Crippen molar-refractivity contribution in [1.29, 1.82) is 0 Å². The number of aromatic nitrogens is 1. The Kier molecular flexibility index (Phi) is 3.96. The zero-order valence-electron chi connectivity index (χ0n) is 11.1. The van der Waals surface area contributed by atoms with Gasteiger partial charge in [0.2, 0.25) is 10.0 Å². The average molecular weight is 297 g/mol. The van der Waals surface area contributed by atoms with E-state index < -0.39 is 10.0 Å². The third-order valence-electron chi connectivity index (χ3n) is 2.62. The van der Waals surface area contributed by atoms with Gasteiger partial charge in [-0.3, -0.25) is 0 Å². The average Bonchev–Trinajstić information content (AvgIpc) is 2.82.